The van der Waals surface area contributed by atoms with Gasteiger partial charge in [-0.1, -0.05) is 18.2 Å². The van der Waals surface area contributed by atoms with Crippen LogP contribution in [-0.2, 0) is 6.42 Å². The molecule has 1 unspecified atom stereocenters. The van der Waals surface area contributed by atoms with Gasteiger partial charge in [-0.15, -0.1) is 24.0 Å². The molecule has 0 aliphatic carbocycles. The first-order chi connectivity index (χ1) is 10.0. The molecule has 1 aliphatic rings. The molecule has 0 aromatic heterocycles. The number of guanidine groups is 1. The molecule has 1 aromatic carbocycles. The van der Waals surface area contributed by atoms with Crippen molar-refractivity contribution in [3.63, 3.8) is 0 Å². The molecule has 0 fully saturated rings. The number of ether oxygens (including phenoxy) is 1. The third-order valence-electron chi connectivity index (χ3n) is 3.67. The first-order valence-electron chi connectivity index (χ1n) is 7.28. The van der Waals surface area contributed by atoms with Crippen LogP contribution in [0.15, 0.2) is 29.3 Å². The summed E-state index contributed by atoms with van der Waals surface area (Å²) in [5.41, 5.74) is 1.29. The summed E-state index contributed by atoms with van der Waals surface area (Å²) >= 11 is 1.84. The standard InChI is InChI=1S/C16H25N3OS.HI/c1-16(2,21-4)11-19-15(17-3)18-10-13-9-12-7-5-6-8-14(12)20-13;/h5-8,13H,9-11H2,1-4H3,(H2,17,18,19);1H. The fraction of sp³-hybridized carbons (Fsp3) is 0.562. The van der Waals surface area contributed by atoms with E-state index in [-0.39, 0.29) is 34.8 Å². The van der Waals surface area contributed by atoms with Gasteiger partial charge in [-0.3, -0.25) is 4.99 Å². The van der Waals surface area contributed by atoms with E-state index in [2.05, 4.69) is 47.9 Å². The molecule has 1 heterocycles. The maximum atomic E-state index is 5.92. The molecule has 0 saturated carbocycles. The highest BCUT2D eigenvalue weighted by Gasteiger charge is 2.22. The number of thioether (sulfide) groups is 1. The Morgan fingerprint density at radius 2 is 2.09 bits per heavy atom. The summed E-state index contributed by atoms with van der Waals surface area (Å²) in [5, 5.41) is 6.72. The molecule has 1 aromatic rings. The van der Waals surface area contributed by atoms with Crippen molar-refractivity contribution in [2.45, 2.75) is 31.1 Å². The van der Waals surface area contributed by atoms with E-state index in [1.807, 2.05) is 23.9 Å². The van der Waals surface area contributed by atoms with Crippen LogP contribution in [0.5, 0.6) is 5.75 Å². The zero-order valence-electron chi connectivity index (χ0n) is 13.7. The number of benzene rings is 1. The number of fused-ring (bicyclic) bond motifs is 1. The number of halogens is 1. The van der Waals surface area contributed by atoms with E-state index in [4.69, 9.17) is 4.74 Å². The van der Waals surface area contributed by atoms with Crippen molar-refractivity contribution < 1.29 is 4.74 Å². The summed E-state index contributed by atoms with van der Waals surface area (Å²) in [6.45, 7) is 6.07. The van der Waals surface area contributed by atoms with Crippen LogP contribution in [0.2, 0.25) is 0 Å². The Morgan fingerprint density at radius 3 is 2.73 bits per heavy atom. The highest BCUT2D eigenvalue weighted by molar-refractivity contribution is 14.0. The highest BCUT2D eigenvalue weighted by Crippen LogP contribution is 2.27. The summed E-state index contributed by atoms with van der Waals surface area (Å²) in [4.78, 5) is 4.27. The molecule has 0 bridgehead atoms. The fourth-order valence-corrected chi connectivity index (χ4v) is 2.38. The van der Waals surface area contributed by atoms with E-state index in [1.54, 1.807) is 7.05 Å². The lowest BCUT2D eigenvalue weighted by molar-refractivity contribution is 0.235. The van der Waals surface area contributed by atoms with Crippen molar-refractivity contribution in [2.75, 3.05) is 26.4 Å². The minimum atomic E-state index is 0. The van der Waals surface area contributed by atoms with Crippen molar-refractivity contribution in [1.29, 1.82) is 0 Å². The topological polar surface area (TPSA) is 45.7 Å². The Labute approximate surface area is 154 Å². The van der Waals surface area contributed by atoms with Crippen molar-refractivity contribution in [3.05, 3.63) is 29.8 Å². The van der Waals surface area contributed by atoms with Gasteiger partial charge in [-0.25, -0.2) is 0 Å². The maximum Gasteiger partial charge on any atom is 0.191 e. The number of hydrogen-bond acceptors (Lipinski definition) is 3. The van der Waals surface area contributed by atoms with E-state index in [1.165, 1.54) is 5.56 Å². The van der Waals surface area contributed by atoms with Gasteiger partial charge in [-0.2, -0.15) is 11.8 Å². The number of para-hydroxylation sites is 1. The van der Waals surface area contributed by atoms with Gasteiger partial charge in [0.15, 0.2) is 5.96 Å². The molecular formula is C16H26IN3OS. The molecular weight excluding hydrogens is 409 g/mol. The Balaban J connectivity index is 0.00000242. The predicted molar refractivity (Wildman–Crippen MR) is 107 cm³/mol. The summed E-state index contributed by atoms with van der Waals surface area (Å²) in [6, 6.07) is 8.23. The van der Waals surface area contributed by atoms with Crippen LogP contribution < -0.4 is 15.4 Å². The lowest BCUT2D eigenvalue weighted by Gasteiger charge is -2.24. The second-order valence-corrected chi connectivity index (χ2v) is 7.34. The second-order valence-electron chi connectivity index (χ2n) is 5.82. The van der Waals surface area contributed by atoms with Crippen LogP contribution >= 0.6 is 35.7 Å². The maximum absolute atomic E-state index is 5.92. The molecule has 0 saturated heterocycles. The van der Waals surface area contributed by atoms with Crippen LogP contribution in [0.1, 0.15) is 19.4 Å². The second kappa shape index (κ2) is 8.86. The zero-order chi connectivity index (χ0) is 15.3. The van der Waals surface area contributed by atoms with Gasteiger partial charge >= 0.3 is 0 Å². The quantitative estimate of drug-likeness (QED) is 0.424. The third-order valence-corrected chi connectivity index (χ3v) is 4.92. The lowest BCUT2D eigenvalue weighted by Crippen LogP contribution is -2.46. The molecule has 0 spiro atoms. The van der Waals surface area contributed by atoms with Crippen LogP contribution in [-0.4, -0.2) is 43.2 Å². The summed E-state index contributed by atoms with van der Waals surface area (Å²) in [7, 11) is 1.80. The van der Waals surface area contributed by atoms with Crippen LogP contribution in [0.25, 0.3) is 0 Å². The van der Waals surface area contributed by atoms with Crippen LogP contribution in [0, 0.1) is 0 Å². The smallest absolute Gasteiger partial charge is 0.191 e. The Hall–Kier alpha value is -0.630. The van der Waals surface area contributed by atoms with Gasteiger partial charge in [0.25, 0.3) is 0 Å². The fourth-order valence-electron chi connectivity index (χ4n) is 2.17. The summed E-state index contributed by atoms with van der Waals surface area (Å²) in [5.74, 6) is 1.84. The first-order valence-corrected chi connectivity index (χ1v) is 8.51. The lowest BCUT2D eigenvalue weighted by atomic mass is 10.1. The summed E-state index contributed by atoms with van der Waals surface area (Å²) < 4.78 is 6.11. The molecule has 22 heavy (non-hydrogen) atoms. The zero-order valence-corrected chi connectivity index (χ0v) is 16.8. The van der Waals surface area contributed by atoms with E-state index < -0.39 is 0 Å². The SMILES string of the molecule is CN=C(NCC1Cc2ccccc2O1)NCC(C)(C)SC.I. The van der Waals surface area contributed by atoms with Gasteiger partial charge in [-0.05, 0) is 31.7 Å². The Bertz CT molecular complexity index is 483. The molecule has 4 nitrogen and oxygen atoms in total. The normalized spacial score (nSPS) is 17.3. The largest absolute Gasteiger partial charge is 0.488 e. The number of nitrogens with zero attached hydrogens (tertiary/aromatic N) is 1. The molecule has 124 valence electrons. The summed E-state index contributed by atoms with van der Waals surface area (Å²) in [6.07, 6.45) is 3.26. The molecule has 0 amide bonds. The number of aliphatic imine (C=N–C) groups is 1. The minimum absolute atomic E-state index is 0. The molecule has 2 rings (SSSR count). The Morgan fingerprint density at radius 1 is 1.36 bits per heavy atom. The van der Waals surface area contributed by atoms with Gasteiger partial charge in [0.1, 0.15) is 11.9 Å². The highest BCUT2D eigenvalue weighted by atomic mass is 127. The molecule has 0 radical (unpaired) electrons. The van der Waals surface area contributed by atoms with Gasteiger partial charge in [0, 0.05) is 24.8 Å². The van der Waals surface area contributed by atoms with Crippen LogP contribution in [0.3, 0.4) is 0 Å². The number of hydrogen-bond donors (Lipinski definition) is 2. The van der Waals surface area contributed by atoms with Crippen molar-refractivity contribution in [1.82, 2.24) is 10.6 Å². The van der Waals surface area contributed by atoms with Crippen LogP contribution in [0.4, 0.5) is 0 Å². The molecule has 1 atom stereocenters. The van der Waals surface area contributed by atoms with E-state index in [0.717, 1.165) is 31.2 Å². The van der Waals surface area contributed by atoms with Crippen molar-refractivity contribution in [2.24, 2.45) is 4.99 Å². The third kappa shape index (κ3) is 5.53. The van der Waals surface area contributed by atoms with Crippen molar-refractivity contribution >= 4 is 41.7 Å². The van der Waals surface area contributed by atoms with Crippen molar-refractivity contribution in [3.8, 4) is 5.75 Å². The van der Waals surface area contributed by atoms with Gasteiger partial charge in [0.05, 0.1) is 6.54 Å². The van der Waals surface area contributed by atoms with E-state index >= 15 is 0 Å². The van der Waals surface area contributed by atoms with E-state index in [9.17, 15) is 0 Å². The average Bonchev–Trinajstić information content (AvgIpc) is 2.90. The van der Waals surface area contributed by atoms with Gasteiger partial charge in [0.2, 0.25) is 0 Å². The molecule has 6 heteroatoms. The first kappa shape index (κ1) is 19.4. The van der Waals surface area contributed by atoms with Gasteiger partial charge < -0.3 is 15.4 Å². The Kier molecular flexibility index (Phi) is 7.82. The monoisotopic (exact) mass is 435 g/mol. The van der Waals surface area contributed by atoms with E-state index in [0.29, 0.717) is 0 Å². The minimum Gasteiger partial charge on any atom is -0.488 e. The number of rotatable bonds is 5. The predicted octanol–water partition coefficient (Wildman–Crippen LogP) is 2.91. The number of nitrogens with one attached hydrogen (secondary N) is 2. The molecule has 2 N–H and O–H groups in total. The molecule has 1 aliphatic heterocycles. The average molecular weight is 435 g/mol.